The molecule has 1 aromatic heterocycles. The molecule has 1 unspecified atom stereocenters. The summed E-state index contributed by atoms with van der Waals surface area (Å²) in [6.07, 6.45) is -9.98. The van der Waals surface area contributed by atoms with Crippen LogP contribution >= 0.6 is 0 Å². The van der Waals surface area contributed by atoms with Crippen molar-refractivity contribution in [3.05, 3.63) is 52.7 Å². The van der Waals surface area contributed by atoms with Crippen molar-refractivity contribution in [2.24, 2.45) is 0 Å². The number of aromatic hydroxyl groups is 2. The van der Waals surface area contributed by atoms with Crippen LogP contribution in [0.4, 0.5) is 0 Å². The molecule has 13 heteroatoms. The zero-order valence-corrected chi connectivity index (χ0v) is 21.0. The van der Waals surface area contributed by atoms with Crippen molar-refractivity contribution in [3.8, 4) is 28.6 Å². The molecule has 8 N–H and O–H groups in total. The maximum Gasteiger partial charge on any atom is 0.229 e. The van der Waals surface area contributed by atoms with Crippen LogP contribution < -0.4 is 10.2 Å². The van der Waals surface area contributed by atoms with Gasteiger partial charge in [-0.1, -0.05) is 0 Å². The molecule has 13 nitrogen and oxygen atoms in total. The molecule has 1 aliphatic carbocycles. The van der Waals surface area contributed by atoms with E-state index in [0.29, 0.717) is 5.56 Å². The van der Waals surface area contributed by atoms with E-state index < -0.39 is 72.9 Å². The molecule has 1 aliphatic heterocycles. The van der Waals surface area contributed by atoms with Crippen molar-refractivity contribution in [2.75, 3.05) is 13.2 Å². The zero-order valence-electron chi connectivity index (χ0n) is 21.0. The number of rotatable bonds is 7. The van der Waals surface area contributed by atoms with Crippen molar-refractivity contribution >= 4 is 11.0 Å². The van der Waals surface area contributed by atoms with Crippen LogP contribution in [0.1, 0.15) is 12.8 Å². The predicted octanol–water partition coefficient (Wildman–Crippen LogP) is -0.679. The van der Waals surface area contributed by atoms with Gasteiger partial charge in [0.15, 0.2) is 5.43 Å². The van der Waals surface area contributed by atoms with Gasteiger partial charge < -0.3 is 59.5 Å². The van der Waals surface area contributed by atoms with Crippen LogP contribution in [0, 0.1) is 0 Å². The highest BCUT2D eigenvalue weighted by molar-refractivity contribution is 5.86. The lowest BCUT2D eigenvalue weighted by atomic mass is 9.98. The van der Waals surface area contributed by atoms with Crippen molar-refractivity contribution in [1.82, 2.24) is 0 Å². The highest BCUT2D eigenvalue weighted by Gasteiger charge is 2.52. The van der Waals surface area contributed by atoms with Crippen LogP contribution in [-0.2, 0) is 9.47 Å². The first kappa shape index (κ1) is 28.3. The molecule has 0 bridgehead atoms. The molecule has 1 saturated carbocycles. The molecular formula is C27H30O13. The topological polar surface area (TPSA) is 220 Å². The second-order valence-electron chi connectivity index (χ2n) is 10.0. The van der Waals surface area contributed by atoms with Gasteiger partial charge in [-0.05, 0) is 37.1 Å². The fourth-order valence-electron chi connectivity index (χ4n) is 5.07. The fraction of sp³-hybridized carbons (Fsp3) is 0.444. The number of ether oxygens (including phenoxy) is 3. The van der Waals surface area contributed by atoms with Gasteiger partial charge in [0, 0.05) is 23.8 Å². The minimum Gasteiger partial charge on any atom is -0.508 e. The van der Waals surface area contributed by atoms with E-state index in [1.165, 1.54) is 36.4 Å². The van der Waals surface area contributed by atoms with Gasteiger partial charge in [-0.25, -0.2) is 0 Å². The Morgan fingerprint density at radius 2 is 1.73 bits per heavy atom. The highest BCUT2D eigenvalue weighted by Crippen LogP contribution is 2.37. The Morgan fingerprint density at radius 3 is 2.38 bits per heavy atom. The molecular weight excluding hydrogens is 532 g/mol. The number of aliphatic hydroxyl groups excluding tert-OH is 5. The third-order valence-electron chi connectivity index (χ3n) is 7.38. The van der Waals surface area contributed by atoms with Gasteiger partial charge in [0.05, 0.1) is 19.3 Å². The average molecular weight is 563 g/mol. The standard InChI is InChI=1S/C27H30O13/c28-10-20-22(33)23(34)24(39-17-5-6-27(36,11-29)25(17)35)26(40-20)37-14-7-15(31)21-16(32)9-18(38-19(21)8-14)12-1-3-13(30)4-2-12/h1-4,7-9,17,20,22-26,28-31,33-36H,5-6,10-11H2/t17-,20-,22-,23+,24-,25+,26?,27+/m1/s1. The van der Waals surface area contributed by atoms with E-state index in [4.69, 9.17) is 18.6 Å². The van der Waals surface area contributed by atoms with Crippen molar-refractivity contribution in [1.29, 1.82) is 0 Å². The van der Waals surface area contributed by atoms with Crippen LogP contribution in [0.2, 0.25) is 0 Å². The van der Waals surface area contributed by atoms with Gasteiger partial charge in [0.2, 0.25) is 6.29 Å². The second-order valence-corrected chi connectivity index (χ2v) is 10.0. The minimum atomic E-state index is -1.81. The SMILES string of the molecule is O=c1cc(-c2ccc(O)cc2)oc2cc(OC3O[C@H](CO)[C@@H](O)[C@H](O)[C@H]3O[C@@H]3CC[C@](O)(CO)[C@H]3O)cc(O)c12. The monoisotopic (exact) mass is 562 g/mol. The third-order valence-corrected chi connectivity index (χ3v) is 7.38. The number of benzene rings is 2. The Morgan fingerprint density at radius 1 is 1.00 bits per heavy atom. The summed E-state index contributed by atoms with van der Waals surface area (Å²) in [5, 5.41) is 81.2. The van der Waals surface area contributed by atoms with Crippen molar-refractivity contribution in [2.45, 2.75) is 61.4 Å². The quantitative estimate of drug-likeness (QED) is 0.179. The van der Waals surface area contributed by atoms with E-state index in [9.17, 15) is 45.6 Å². The summed E-state index contributed by atoms with van der Waals surface area (Å²) in [4.78, 5) is 12.8. The molecule has 216 valence electrons. The summed E-state index contributed by atoms with van der Waals surface area (Å²) in [6, 6.07) is 9.49. The normalized spacial score (nSPS) is 32.4. The number of phenolic OH excluding ortho intramolecular Hbond substituents is 2. The van der Waals surface area contributed by atoms with Crippen LogP contribution in [0.3, 0.4) is 0 Å². The lowest BCUT2D eigenvalue weighted by Gasteiger charge is -2.43. The maximum atomic E-state index is 12.8. The Kier molecular flexibility index (Phi) is 7.74. The summed E-state index contributed by atoms with van der Waals surface area (Å²) >= 11 is 0. The largest absolute Gasteiger partial charge is 0.508 e. The fourth-order valence-corrected chi connectivity index (χ4v) is 5.07. The van der Waals surface area contributed by atoms with Gasteiger partial charge in [-0.2, -0.15) is 0 Å². The van der Waals surface area contributed by atoms with E-state index in [0.717, 1.165) is 6.07 Å². The number of hydrogen-bond acceptors (Lipinski definition) is 13. The lowest BCUT2D eigenvalue weighted by molar-refractivity contribution is -0.300. The number of aliphatic hydroxyl groups is 6. The third kappa shape index (κ3) is 5.13. The summed E-state index contributed by atoms with van der Waals surface area (Å²) in [5.41, 5.74) is -1.94. The first-order chi connectivity index (χ1) is 19.0. The molecule has 40 heavy (non-hydrogen) atoms. The predicted molar refractivity (Wildman–Crippen MR) is 136 cm³/mol. The highest BCUT2D eigenvalue weighted by atomic mass is 16.7. The summed E-state index contributed by atoms with van der Waals surface area (Å²) < 4.78 is 23.2. The molecule has 2 fully saturated rings. The average Bonchev–Trinajstić information content (AvgIpc) is 3.21. The van der Waals surface area contributed by atoms with Gasteiger partial charge in [-0.3, -0.25) is 4.79 Å². The lowest BCUT2D eigenvalue weighted by Crippen LogP contribution is -2.62. The smallest absolute Gasteiger partial charge is 0.229 e. The molecule has 2 aromatic carbocycles. The molecule has 2 heterocycles. The number of hydrogen-bond donors (Lipinski definition) is 8. The molecule has 0 radical (unpaired) electrons. The van der Waals surface area contributed by atoms with E-state index in [-0.39, 0.29) is 41.1 Å². The van der Waals surface area contributed by atoms with Gasteiger partial charge in [0.1, 0.15) is 70.1 Å². The van der Waals surface area contributed by atoms with E-state index in [2.05, 4.69) is 0 Å². The van der Waals surface area contributed by atoms with Crippen LogP contribution in [0.15, 0.2) is 51.7 Å². The first-order valence-corrected chi connectivity index (χ1v) is 12.6. The zero-order chi connectivity index (χ0) is 28.8. The summed E-state index contributed by atoms with van der Waals surface area (Å²) in [6.45, 7) is -1.41. The van der Waals surface area contributed by atoms with Crippen LogP contribution in [-0.4, -0.2) is 103 Å². The van der Waals surface area contributed by atoms with Gasteiger partial charge in [-0.15, -0.1) is 0 Å². The van der Waals surface area contributed by atoms with E-state index in [1.54, 1.807) is 0 Å². The van der Waals surface area contributed by atoms with Crippen LogP contribution in [0.25, 0.3) is 22.3 Å². The van der Waals surface area contributed by atoms with E-state index in [1.807, 2.05) is 0 Å². The molecule has 8 atom stereocenters. The Balaban J connectivity index is 1.47. The number of phenols is 2. The summed E-state index contributed by atoms with van der Waals surface area (Å²) in [7, 11) is 0. The molecule has 5 rings (SSSR count). The Bertz CT molecular complexity index is 1410. The first-order valence-electron chi connectivity index (χ1n) is 12.6. The molecule has 1 saturated heterocycles. The maximum absolute atomic E-state index is 12.8. The van der Waals surface area contributed by atoms with E-state index >= 15 is 0 Å². The van der Waals surface area contributed by atoms with Crippen molar-refractivity contribution in [3.63, 3.8) is 0 Å². The Hall–Kier alpha value is -3.27. The Labute approximate surface area is 226 Å². The molecule has 2 aliphatic rings. The van der Waals surface area contributed by atoms with Crippen LogP contribution in [0.5, 0.6) is 17.2 Å². The molecule has 3 aromatic rings. The summed E-state index contributed by atoms with van der Waals surface area (Å²) in [5.74, 6) is -0.405. The second kappa shape index (κ2) is 11.0. The molecule has 0 spiro atoms. The minimum absolute atomic E-state index is 0.00723. The van der Waals surface area contributed by atoms with Gasteiger partial charge >= 0.3 is 0 Å². The van der Waals surface area contributed by atoms with Gasteiger partial charge in [0.25, 0.3) is 0 Å². The number of fused-ring (bicyclic) bond motifs is 1. The molecule has 0 amide bonds. The van der Waals surface area contributed by atoms with Crippen molar-refractivity contribution < 1.29 is 59.5 Å².